The quantitative estimate of drug-likeness (QED) is 0.158. The van der Waals surface area contributed by atoms with Gasteiger partial charge in [-0.2, -0.15) is 0 Å². The van der Waals surface area contributed by atoms with Crippen LogP contribution in [0, 0.1) is 0 Å². The van der Waals surface area contributed by atoms with Gasteiger partial charge in [0.25, 0.3) is 0 Å². The van der Waals surface area contributed by atoms with Crippen molar-refractivity contribution < 1.29 is 23.9 Å². The number of hydrogen-bond acceptors (Lipinski definition) is 5. The lowest BCUT2D eigenvalue weighted by Gasteiger charge is -2.25. The third kappa shape index (κ3) is 9.46. The van der Waals surface area contributed by atoms with Gasteiger partial charge in [0.15, 0.2) is 0 Å². The maximum atomic E-state index is 13.9. The molecule has 3 N–H and O–H groups in total. The molecule has 0 saturated heterocycles. The van der Waals surface area contributed by atoms with Crippen LogP contribution in [0.2, 0.25) is 0 Å². The standard InChI is InChI=1S/C36H39N3O5/c1-26(28-20-22-31(43-2)23-21-28)38-34(40)32(19-12-24-37-36(42)44-25-27-13-6-3-7-14-27)39-35(41)33(29-15-8-4-9-16-29)30-17-10-5-11-18-30/h3-11,13-18,20-23,26,32-33H,12,19,24-25H2,1-2H3,(H,37,42)(H,38,40)(H,39,41)/t26-,32+/m1/s1. The highest BCUT2D eigenvalue weighted by molar-refractivity contribution is 5.92. The van der Waals surface area contributed by atoms with Crippen molar-refractivity contribution >= 4 is 17.9 Å². The SMILES string of the molecule is COc1ccc([C@@H](C)NC(=O)[C@H](CCCNC(=O)OCc2ccccc2)NC(=O)C(c2ccccc2)c2ccccc2)cc1. The third-order valence-corrected chi connectivity index (χ3v) is 7.29. The smallest absolute Gasteiger partial charge is 0.407 e. The highest BCUT2D eigenvalue weighted by Gasteiger charge is 2.28. The fraction of sp³-hybridized carbons (Fsp3) is 0.250. The molecule has 0 aliphatic rings. The fourth-order valence-electron chi connectivity index (χ4n) is 4.87. The lowest BCUT2D eigenvalue weighted by Crippen LogP contribution is -2.49. The Morgan fingerprint density at radius 3 is 1.82 bits per heavy atom. The second-order valence-corrected chi connectivity index (χ2v) is 10.4. The molecular weight excluding hydrogens is 554 g/mol. The van der Waals surface area contributed by atoms with Crippen molar-refractivity contribution in [2.45, 2.75) is 44.4 Å². The van der Waals surface area contributed by atoms with Gasteiger partial charge in [-0.3, -0.25) is 9.59 Å². The van der Waals surface area contributed by atoms with Crippen molar-refractivity contribution in [2.24, 2.45) is 0 Å². The molecule has 3 amide bonds. The van der Waals surface area contributed by atoms with Gasteiger partial charge in [0.2, 0.25) is 11.8 Å². The summed E-state index contributed by atoms with van der Waals surface area (Å²) < 4.78 is 10.5. The van der Waals surface area contributed by atoms with E-state index in [2.05, 4.69) is 16.0 Å². The first-order chi connectivity index (χ1) is 21.4. The molecule has 0 bridgehead atoms. The highest BCUT2D eigenvalue weighted by Crippen LogP contribution is 2.25. The largest absolute Gasteiger partial charge is 0.497 e. The first kappa shape index (κ1) is 31.8. The van der Waals surface area contributed by atoms with Crippen molar-refractivity contribution in [3.05, 3.63) is 138 Å². The summed E-state index contributed by atoms with van der Waals surface area (Å²) in [6.45, 7) is 2.33. The van der Waals surface area contributed by atoms with Crippen molar-refractivity contribution in [3.63, 3.8) is 0 Å². The Labute approximate surface area is 258 Å². The van der Waals surface area contributed by atoms with Crippen LogP contribution in [0.5, 0.6) is 5.75 Å². The van der Waals surface area contributed by atoms with E-state index in [1.54, 1.807) is 7.11 Å². The highest BCUT2D eigenvalue weighted by atomic mass is 16.5. The van der Waals surface area contributed by atoms with Gasteiger partial charge < -0.3 is 25.4 Å². The van der Waals surface area contributed by atoms with Crippen LogP contribution in [-0.4, -0.2) is 37.6 Å². The fourth-order valence-corrected chi connectivity index (χ4v) is 4.87. The van der Waals surface area contributed by atoms with Crippen LogP contribution in [0.4, 0.5) is 4.79 Å². The van der Waals surface area contributed by atoms with E-state index in [1.165, 1.54) is 0 Å². The molecule has 2 atom stereocenters. The average molecular weight is 594 g/mol. The Morgan fingerprint density at radius 2 is 1.25 bits per heavy atom. The number of carbonyl (C=O) groups excluding carboxylic acids is 3. The normalized spacial score (nSPS) is 12.1. The van der Waals surface area contributed by atoms with Gasteiger partial charge in [-0.05, 0) is 54.2 Å². The van der Waals surface area contributed by atoms with Crippen molar-refractivity contribution in [3.8, 4) is 5.75 Å². The summed E-state index contributed by atoms with van der Waals surface area (Å²) in [6, 6.07) is 34.7. The van der Waals surface area contributed by atoms with Gasteiger partial charge >= 0.3 is 6.09 Å². The van der Waals surface area contributed by atoms with Gasteiger partial charge in [-0.25, -0.2) is 4.79 Å². The molecular formula is C36H39N3O5. The number of methoxy groups -OCH3 is 1. The number of ether oxygens (including phenoxy) is 2. The van der Waals surface area contributed by atoms with Crippen LogP contribution >= 0.6 is 0 Å². The van der Waals surface area contributed by atoms with Crippen LogP contribution in [0.25, 0.3) is 0 Å². The van der Waals surface area contributed by atoms with Gasteiger partial charge in [0.05, 0.1) is 19.1 Å². The molecule has 4 aromatic rings. The maximum Gasteiger partial charge on any atom is 0.407 e. The Bertz CT molecular complexity index is 1420. The minimum Gasteiger partial charge on any atom is -0.497 e. The lowest BCUT2D eigenvalue weighted by molar-refractivity contribution is -0.129. The molecule has 0 aliphatic heterocycles. The molecule has 4 aromatic carbocycles. The molecule has 0 aromatic heterocycles. The third-order valence-electron chi connectivity index (χ3n) is 7.29. The van der Waals surface area contributed by atoms with Crippen LogP contribution in [-0.2, 0) is 20.9 Å². The van der Waals surface area contributed by atoms with Crippen molar-refractivity contribution in [1.29, 1.82) is 0 Å². The lowest BCUT2D eigenvalue weighted by atomic mass is 9.90. The Kier molecular flexibility index (Phi) is 11.9. The molecule has 0 spiro atoms. The summed E-state index contributed by atoms with van der Waals surface area (Å²) in [4.78, 5) is 39.7. The van der Waals surface area contributed by atoms with Crippen LogP contribution in [0.1, 0.15) is 54.0 Å². The summed E-state index contributed by atoms with van der Waals surface area (Å²) >= 11 is 0. The molecule has 8 nitrogen and oxygen atoms in total. The van der Waals surface area contributed by atoms with Crippen LogP contribution in [0.3, 0.4) is 0 Å². The van der Waals surface area contributed by atoms with E-state index < -0.39 is 18.1 Å². The second-order valence-electron chi connectivity index (χ2n) is 10.4. The topological polar surface area (TPSA) is 106 Å². The van der Waals surface area contributed by atoms with Gasteiger partial charge in [0.1, 0.15) is 18.4 Å². The van der Waals surface area contributed by atoms with E-state index in [1.807, 2.05) is 122 Å². The van der Waals surface area contributed by atoms with Gasteiger partial charge in [-0.1, -0.05) is 103 Å². The van der Waals surface area contributed by atoms with E-state index in [4.69, 9.17) is 9.47 Å². The zero-order chi connectivity index (χ0) is 31.1. The summed E-state index contributed by atoms with van der Waals surface area (Å²) in [5.74, 6) is -0.471. The minimum absolute atomic E-state index is 0.164. The number of hydrogen-bond donors (Lipinski definition) is 3. The average Bonchev–Trinajstić information content (AvgIpc) is 3.06. The molecule has 0 saturated carbocycles. The molecule has 4 rings (SSSR count). The van der Waals surface area contributed by atoms with Gasteiger partial charge in [-0.15, -0.1) is 0 Å². The molecule has 0 fully saturated rings. The Balaban J connectivity index is 1.43. The number of nitrogens with one attached hydrogen (secondary N) is 3. The molecule has 0 unspecified atom stereocenters. The Hall–Kier alpha value is -5.11. The number of alkyl carbamates (subject to hydrolysis) is 1. The van der Waals surface area contributed by atoms with E-state index in [9.17, 15) is 14.4 Å². The molecule has 0 radical (unpaired) electrons. The maximum absolute atomic E-state index is 13.9. The zero-order valence-electron chi connectivity index (χ0n) is 25.1. The molecule has 228 valence electrons. The summed E-state index contributed by atoms with van der Waals surface area (Å²) in [7, 11) is 1.60. The molecule has 0 heterocycles. The zero-order valence-corrected chi connectivity index (χ0v) is 25.1. The number of amides is 3. The summed E-state index contributed by atoms with van der Waals surface area (Å²) in [6.07, 6.45) is 0.208. The summed E-state index contributed by atoms with van der Waals surface area (Å²) in [5.41, 5.74) is 3.44. The number of rotatable bonds is 14. The van der Waals surface area contributed by atoms with E-state index in [-0.39, 0.29) is 31.0 Å². The summed E-state index contributed by atoms with van der Waals surface area (Å²) in [5, 5.41) is 8.78. The van der Waals surface area contributed by atoms with Gasteiger partial charge in [0, 0.05) is 6.54 Å². The first-order valence-electron chi connectivity index (χ1n) is 14.7. The van der Waals surface area contributed by atoms with E-state index in [0.717, 1.165) is 28.0 Å². The van der Waals surface area contributed by atoms with E-state index >= 15 is 0 Å². The second kappa shape index (κ2) is 16.5. The predicted octanol–water partition coefficient (Wildman–Crippen LogP) is 5.90. The van der Waals surface area contributed by atoms with E-state index in [0.29, 0.717) is 12.8 Å². The number of carbonyl (C=O) groups is 3. The molecule has 44 heavy (non-hydrogen) atoms. The van der Waals surface area contributed by atoms with Crippen molar-refractivity contribution in [2.75, 3.05) is 13.7 Å². The first-order valence-corrected chi connectivity index (χ1v) is 14.7. The van der Waals surface area contributed by atoms with Crippen molar-refractivity contribution in [1.82, 2.24) is 16.0 Å². The van der Waals surface area contributed by atoms with Crippen LogP contribution in [0.15, 0.2) is 115 Å². The predicted molar refractivity (Wildman–Crippen MR) is 170 cm³/mol. The Morgan fingerprint density at radius 1 is 0.682 bits per heavy atom. The number of benzene rings is 4. The van der Waals surface area contributed by atoms with Crippen LogP contribution < -0.4 is 20.7 Å². The molecule has 8 heteroatoms. The minimum atomic E-state index is -0.833. The monoisotopic (exact) mass is 593 g/mol. The molecule has 0 aliphatic carbocycles.